The highest BCUT2D eigenvalue weighted by Gasteiger charge is 2.32. The van der Waals surface area contributed by atoms with E-state index in [1.807, 2.05) is 11.0 Å². The van der Waals surface area contributed by atoms with Crippen molar-refractivity contribution in [2.24, 2.45) is 0 Å². The van der Waals surface area contributed by atoms with Crippen molar-refractivity contribution in [2.75, 3.05) is 6.54 Å². The molecule has 1 aliphatic heterocycles. The summed E-state index contributed by atoms with van der Waals surface area (Å²) in [6, 6.07) is 4.39. The van der Waals surface area contributed by atoms with Gasteiger partial charge < -0.3 is 4.90 Å². The number of hydrogen-bond donors (Lipinski definition) is 0. The van der Waals surface area contributed by atoms with Crippen molar-refractivity contribution in [3.63, 3.8) is 0 Å². The minimum Gasteiger partial charge on any atom is -0.334 e. The van der Waals surface area contributed by atoms with Crippen molar-refractivity contribution >= 4 is 28.8 Å². The maximum absolute atomic E-state index is 11.8. The molecule has 0 unspecified atom stereocenters. The van der Waals surface area contributed by atoms with Gasteiger partial charge in [0.2, 0.25) is 5.91 Å². The monoisotopic (exact) mass is 243 g/mol. The highest BCUT2D eigenvalue weighted by molar-refractivity contribution is 7.10. The molecule has 0 aliphatic carbocycles. The molecule has 1 aromatic heterocycles. The van der Waals surface area contributed by atoms with E-state index in [9.17, 15) is 4.79 Å². The molecule has 1 saturated heterocycles. The first-order valence-corrected chi connectivity index (χ1v) is 6.49. The zero-order valence-corrected chi connectivity index (χ0v) is 10.2. The van der Waals surface area contributed by atoms with Gasteiger partial charge in [-0.1, -0.05) is 6.07 Å². The van der Waals surface area contributed by atoms with Crippen LogP contribution in [0.15, 0.2) is 17.5 Å². The lowest BCUT2D eigenvalue weighted by Gasteiger charge is -2.24. The van der Waals surface area contributed by atoms with Crippen LogP contribution in [0.25, 0.3) is 0 Å². The topological polar surface area (TPSA) is 20.3 Å². The lowest BCUT2D eigenvalue weighted by Crippen LogP contribution is -2.34. The Hall–Kier alpha value is -0.540. The second-order valence-corrected chi connectivity index (χ2v) is 5.46. The highest BCUT2D eigenvalue weighted by Crippen LogP contribution is 2.35. The molecule has 0 spiro atoms. The molecule has 15 heavy (non-hydrogen) atoms. The first-order chi connectivity index (χ1) is 7.20. The van der Waals surface area contributed by atoms with Crippen molar-refractivity contribution in [3.05, 3.63) is 22.4 Å². The van der Waals surface area contributed by atoms with Crippen molar-refractivity contribution < 1.29 is 4.79 Å². The zero-order valence-electron chi connectivity index (χ0n) is 8.65. The quantitative estimate of drug-likeness (QED) is 0.732. The molecule has 2 atom stereocenters. The number of amides is 1. The van der Waals surface area contributed by atoms with E-state index in [0.29, 0.717) is 0 Å². The Morgan fingerprint density at radius 1 is 1.73 bits per heavy atom. The Morgan fingerprint density at radius 2 is 2.53 bits per heavy atom. The van der Waals surface area contributed by atoms with E-state index in [2.05, 4.69) is 11.4 Å². The second kappa shape index (κ2) is 4.54. The molecule has 1 aromatic rings. The first-order valence-electron chi connectivity index (χ1n) is 5.18. The number of nitrogens with zero attached hydrogens (tertiary/aromatic N) is 1. The fourth-order valence-corrected chi connectivity index (χ4v) is 3.03. The van der Waals surface area contributed by atoms with E-state index in [1.54, 1.807) is 18.3 Å². The summed E-state index contributed by atoms with van der Waals surface area (Å²) in [4.78, 5) is 15.0. The van der Waals surface area contributed by atoms with E-state index < -0.39 is 5.38 Å². The summed E-state index contributed by atoms with van der Waals surface area (Å²) in [6.07, 6.45) is 2.15. The normalized spacial score (nSPS) is 23.1. The van der Waals surface area contributed by atoms with Gasteiger partial charge in [-0.05, 0) is 31.2 Å². The van der Waals surface area contributed by atoms with Gasteiger partial charge in [0, 0.05) is 11.4 Å². The molecule has 0 radical (unpaired) electrons. The SMILES string of the molecule is C[C@@H](Cl)C(=O)N1CCC[C@H]1c1cccs1. The number of hydrogen-bond acceptors (Lipinski definition) is 2. The van der Waals surface area contributed by atoms with Gasteiger partial charge in [-0.15, -0.1) is 22.9 Å². The van der Waals surface area contributed by atoms with Crippen LogP contribution in [-0.2, 0) is 4.79 Å². The second-order valence-electron chi connectivity index (χ2n) is 3.82. The third kappa shape index (κ3) is 2.18. The van der Waals surface area contributed by atoms with Crippen molar-refractivity contribution in [1.82, 2.24) is 4.90 Å². The molecular formula is C11H14ClNOS. The van der Waals surface area contributed by atoms with E-state index in [-0.39, 0.29) is 11.9 Å². The Labute approximate surface area is 98.8 Å². The summed E-state index contributed by atoms with van der Waals surface area (Å²) in [6.45, 7) is 2.59. The summed E-state index contributed by atoms with van der Waals surface area (Å²) in [5, 5.41) is 1.64. The van der Waals surface area contributed by atoms with Gasteiger partial charge in [0.1, 0.15) is 5.38 Å². The summed E-state index contributed by atoms with van der Waals surface area (Å²) < 4.78 is 0. The molecule has 0 N–H and O–H groups in total. The fourth-order valence-electron chi connectivity index (χ4n) is 2.04. The van der Waals surface area contributed by atoms with Gasteiger partial charge in [-0.3, -0.25) is 4.79 Å². The predicted octanol–water partition coefficient (Wildman–Crippen LogP) is 3.04. The minimum absolute atomic E-state index is 0.0626. The lowest BCUT2D eigenvalue weighted by molar-refractivity contribution is -0.131. The molecule has 1 amide bonds. The number of halogens is 1. The standard InChI is InChI=1S/C11H14ClNOS/c1-8(12)11(14)13-6-2-4-9(13)10-5-3-7-15-10/h3,5,7-9H,2,4,6H2,1H3/t8-,9+/m1/s1. The first kappa shape index (κ1) is 11.0. The molecule has 1 aliphatic rings. The van der Waals surface area contributed by atoms with E-state index in [1.165, 1.54) is 4.88 Å². The summed E-state index contributed by atoms with van der Waals surface area (Å²) in [5.74, 6) is 0.0626. The Bertz CT molecular complexity index is 336. The molecular weight excluding hydrogens is 230 g/mol. The zero-order chi connectivity index (χ0) is 10.8. The lowest BCUT2D eigenvalue weighted by atomic mass is 10.2. The van der Waals surface area contributed by atoms with Crippen LogP contribution in [0.3, 0.4) is 0 Å². The molecule has 0 bridgehead atoms. The Morgan fingerprint density at radius 3 is 3.13 bits per heavy atom. The fraction of sp³-hybridized carbons (Fsp3) is 0.545. The Balaban J connectivity index is 2.15. The van der Waals surface area contributed by atoms with Crippen LogP contribution in [0, 0.1) is 0 Å². The molecule has 0 saturated carbocycles. The number of thiophene rings is 1. The van der Waals surface area contributed by atoms with Crippen molar-refractivity contribution in [2.45, 2.75) is 31.2 Å². The number of rotatable bonds is 2. The molecule has 1 fully saturated rings. The average Bonchev–Trinajstić information content (AvgIpc) is 2.86. The maximum Gasteiger partial charge on any atom is 0.240 e. The van der Waals surface area contributed by atoms with Crippen molar-refractivity contribution in [3.8, 4) is 0 Å². The van der Waals surface area contributed by atoms with Crippen LogP contribution in [0.4, 0.5) is 0 Å². The van der Waals surface area contributed by atoms with Crippen LogP contribution in [0.2, 0.25) is 0 Å². The van der Waals surface area contributed by atoms with Gasteiger partial charge in [0.05, 0.1) is 6.04 Å². The van der Waals surface area contributed by atoms with Gasteiger partial charge in [0.25, 0.3) is 0 Å². The molecule has 2 rings (SSSR count). The van der Waals surface area contributed by atoms with Crippen LogP contribution < -0.4 is 0 Å². The Kier molecular flexibility index (Phi) is 3.32. The third-order valence-corrected chi connectivity index (χ3v) is 3.91. The van der Waals surface area contributed by atoms with Gasteiger partial charge in [0.15, 0.2) is 0 Å². The third-order valence-electron chi connectivity index (χ3n) is 2.75. The number of carbonyl (C=O) groups excluding carboxylic acids is 1. The molecule has 2 heterocycles. The number of carbonyl (C=O) groups is 1. The van der Waals surface area contributed by atoms with E-state index in [0.717, 1.165) is 19.4 Å². The van der Waals surface area contributed by atoms with Crippen LogP contribution >= 0.6 is 22.9 Å². The van der Waals surface area contributed by atoms with Crippen LogP contribution in [0.1, 0.15) is 30.7 Å². The minimum atomic E-state index is -0.412. The average molecular weight is 244 g/mol. The van der Waals surface area contributed by atoms with E-state index in [4.69, 9.17) is 11.6 Å². The number of alkyl halides is 1. The van der Waals surface area contributed by atoms with Crippen molar-refractivity contribution in [1.29, 1.82) is 0 Å². The molecule has 0 aromatic carbocycles. The molecule has 2 nitrogen and oxygen atoms in total. The smallest absolute Gasteiger partial charge is 0.240 e. The largest absolute Gasteiger partial charge is 0.334 e. The summed E-state index contributed by atoms with van der Waals surface area (Å²) >= 11 is 7.56. The predicted molar refractivity (Wildman–Crippen MR) is 63.3 cm³/mol. The molecule has 4 heteroatoms. The van der Waals surface area contributed by atoms with Crippen LogP contribution in [-0.4, -0.2) is 22.7 Å². The summed E-state index contributed by atoms with van der Waals surface area (Å²) in [7, 11) is 0. The number of likely N-dealkylation sites (tertiary alicyclic amines) is 1. The summed E-state index contributed by atoms with van der Waals surface area (Å²) in [5.41, 5.74) is 0. The van der Waals surface area contributed by atoms with E-state index >= 15 is 0 Å². The van der Waals surface area contributed by atoms with Gasteiger partial charge in [-0.25, -0.2) is 0 Å². The van der Waals surface area contributed by atoms with Crippen LogP contribution in [0.5, 0.6) is 0 Å². The molecule has 82 valence electrons. The highest BCUT2D eigenvalue weighted by atomic mass is 35.5. The maximum atomic E-state index is 11.8. The van der Waals surface area contributed by atoms with Gasteiger partial charge in [-0.2, -0.15) is 0 Å². The van der Waals surface area contributed by atoms with Gasteiger partial charge >= 0.3 is 0 Å².